The summed E-state index contributed by atoms with van der Waals surface area (Å²) in [6.07, 6.45) is 3.39. The Labute approximate surface area is 124 Å². The summed E-state index contributed by atoms with van der Waals surface area (Å²) in [7, 11) is 0. The van der Waals surface area contributed by atoms with E-state index >= 15 is 0 Å². The van der Waals surface area contributed by atoms with E-state index in [0.717, 1.165) is 5.82 Å². The van der Waals surface area contributed by atoms with Crippen molar-refractivity contribution in [3.63, 3.8) is 0 Å². The van der Waals surface area contributed by atoms with Crippen molar-refractivity contribution in [2.45, 2.75) is 32.7 Å². The first-order chi connectivity index (χ1) is 10.1. The van der Waals surface area contributed by atoms with Gasteiger partial charge in [0.15, 0.2) is 6.61 Å². The molecule has 0 saturated heterocycles. The molecule has 0 bridgehead atoms. The number of benzene rings is 1. The van der Waals surface area contributed by atoms with E-state index in [1.54, 1.807) is 12.4 Å². The summed E-state index contributed by atoms with van der Waals surface area (Å²) in [5, 5.41) is 2.83. The molecular formula is C16H21N3O2. The monoisotopic (exact) mass is 287 g/mol. The number of nitrogens with one attached hydrogen (secondary N) is 2. The Morgan fingerprint density at radius 3 is 2.86 bits per heavy atom. The lowest BCUT2D eigenvalue weighted by Gasteiger charge is -2.13. The van der Waals surface area contributed by atoms with E-state index in [0.29, 0.717) is 11.7 Å². The number of rotatable bonds is 6. The molecule has 1 unspecified atom stereocenters. The molecule has 1 aromatic carbocycles. The Morgan fingerprint density at radius 2 is 2.19 bits per heavy atom. The fourth-order valence-corrected chi connectivity index (χ4v) is 1.98. The summed E-state index contributed by atoms with van der Waals surface area (Å²) in [6.45, 7) is 6.11. The molecule has 0 aliphatic carbocycles. The maximum absolute atomic E-state index is 11.9. The zero-order valence-corrected chi connectivity index (χ0v) is 12.6. The molecule has 112 valence electrons. The van der Waals surface area contributed by atoms with Crippen LogP contribution in [0, 0.1) is 0 Å². The molecule has 0 spiro atoms. The van der Waals surface area contributed by atoms with Crippen molar-refractivity contribution in [3.8, 4) is 5.75 Å². The lowest BCUT2D eigenvalue weighted by molar-refractivity contribution is -0.123. The quantitative estimate of drug-likeness (QED) is 0.858. The molecule has 5 heteroatoms. The number of ether oxygens (including phenoxy) is 1. The lowest BCUT2D eigenvalue weighted by atomic mass is 10.0. The van der Waals surface area contributed by atoms with Crippen LogP contribution in [0.15, 0.2) is 36.7 Å². The minimum Gasteiger partial charge on any atom is -0.484 e. The number of carbonyl (C=O) groups is 1. The predicted molar refractivity (Wildman–Crippen MR) is 81.2 cm³/mol. The van der Waals surface area contributed by atoms with Gasteiger partial charge in [0.2, 0.25) is 0 Å². The summed E-state index contributed by atoms with van der Waals surface area (Å²) in [5.74, 6) is 1.70. The van der Waals surface area contributed by atoms with Crippen LogP contribution in [0.4, 0.5) is 0 Å². The van der Waals surface area contributed by atoms with Crippen LogP contribution in [0.5, 0.6) is 5.75 Å². The van der Waals surface area contributed by atoms with E-state index in [1.165, 1.54) is 5.56 Å². The highest BCUT2D eigenvalue weighted by Gasteiger charge is 2.12. The fourth-order valence-electron chi connectivity index (χ4n) is 1.98. The average Bonchev–Trinajstić information content (AvgIpc) is 2.99. The van der Waals surface area contributed by atoms with E-state index < -0.39 is 0 Å². The Kier molecular flexibility index (Phi) is 4.98. The minimum absolute atomic E-state index is 0.00734. The molecule has 0 aliphatic rings. The van der Waals surface area contributed by atoms with Gasteiger partial charge in [0.1, 0.15) is 11.6 Å². The Hall–Kier alpha value is -2.30. The van der Waals surface area contributed by atoms with Crippen molar-refractivity contribution in [1.29, 1.82) is 0 Å². The number of amides is 1. The summed E-state index contributed by atoms with van der Waals surface area (Å²) in [6, 6.07) is 7.64. The fraction of sp³-hybridized carbons (Fsp3) is 0.375. The van der Waals surface area contributed by atoms with Crippen LogP contribution in [-0.4, -0.2) is 22.5 Å². The predicted octanol–water partition coefficient (Wildman–Crippen LogP) is 2.79. The molecule has 1 atom stereocenters. The van der Waals surface area contributed by atoms with Crippen LogP contribution in [0.3, 0.4) is 0 Å². The van der Waals surface area contributed by atoms with E-state index in [2.05, 4.69) is 35.2 Å². The van der Waals surface area contributed by atoms with Gasteiger partial charge in [-0.15, -0.1) is 0 Å². The second kappa shape index (κ2) is 6.92. The average molecular weight is 287 g/mol. The normalized spacial score (nSPS) is 12.2. The van der Waals surface area contributed by atoms with Crippen molar-refractivity contribution in [1.82, 2.24) is 15.3 Å². The van der Waals surface area contributed by atoms with Gasteiger partial charge in [-0.1, -0.05) is 26.0 Å². The second-order valence-corrected chi connectivity index (χ2v) is 5.28. The van der Waals surface area contributed by atoms with E-state index in [4.69, 9.17) is 4.74 Å². The van der Waals surface area contributed by atoms with Crippen LogP contribution in [0.2, 0.25) is 0 Å². The number of carbonyl (C=O) groups excluding carboxylic acids is 1. The zero-order chi connectivity index (χ0) is 15.2. The van der Waals surface area contributed by atoms with Crippen LogP contribution in [0.25, 0.3) is 0 Å². The molecule has 2 rings (SSSR count). The van der Waals surface area contributed by atoms with Crippen LogP contribution >= 0.6 is 0 Å². The molecule has 21 heavy (non-hydrogen) atoms. The number of hydrogen-bond donors (Lipinski definition) is 2. The van der Waals surface area contributed by atoms with Crippen molar-refractivity contribution >= 4 is 5.91 Å². The summed E-state index contributed by atoms with van der Waals surface area (Å²) >= 11 is 0. The third-order valence-electron chi connectivity index (χ3n) is 3.20. The van der Waals surface area contributed by atoms with Crippen molar-refractivity contribution in [2.24, 2.45) is 0 Å². The molecular weight excluding hydrogens is 266 g/mol. The lowest BCUT2D eigenvalue weighted by Crippen LogP contribution is -2.31. The number of nitrogens with zero attached hydrogens (tertiary/aromatic N) is 1. The number of imidazole rings is 1. The molecule has 2 aromatic rings. The third-order valence-corrected chi connectivity index (χ3v) is 3.20. The summed E-state index contributed by atoms with van der Waals surface area (Å²) in [4.78, 5) is 18.9. The molecule has 0 fully saturated rings. The van der Waals surface area contributed by atoms with Crippen molar-refractivity contribution < 1.29 is 9.53 Å². The number of H-pyrrole nitrogens is 1. The topological polar surface area (TPSA) is 67.0 Å². The molecule has 0 saturated carbocycles. The molecule has 2 N–H and O–H groups in total. The molecule has 5 nitrogen and oxygen atoms in total. The Bertz CT molecular complexity index is 579. The van der Waals surface area contributed by atoms with E-state index in [1.807, 2.05) is 25.1 Å². The first kappa shape index (κ1) is 15.1. The molecule has 1 aromatic heterocycles. The SMILES string of the molecule is CC(C)c1cccc(OCC(=O)NC(C)c2ncc[nH]2)c1. The Balaban J connectivity index is 1.85. The first-order valence-corrected chi connectivity index (χ1v) is 7.07. The van der Waals surface area contributed by atoms with Crippen molar-refractivity contribution in [2.75, 3.05) is 6.61 Å². The highest BCUT2D eigenvalue weighted by molar-refractivity contribution is 5.77. The standard InChI is InChI=1S/C16H21N3O2/c1-11(2)13-5-4-6-14(9-13)21-10-15(20)19-12(3)16-17-7-8-18-16/h4-9,11-12H,10H2,1-3H3,(H,17,18)(H,19,20). The Morgan fingerprint density at radius 1 is 1.38 bits per heavy atom. The van der Waals surface area contributed by atoms with Crippen LogP contribution < -0.4 is 10.1 Å². The van der Waals surface area contributed by atoms with Gasteiger partial charge in [-0.2, -0.15) is 0 Å². The second-order valence-electron chi connectivity index (χ2n) is 5.28. The maximum atomic E-state index is 11.9. The van der Waals surface area contributed by atoms with E-state index in [-0.39, 0.29) is 18.6 Å². The van der Waals surface area contributed by atoms with Crippen LogP contribution in [-0.2, 0) is 4.79 Å². The van der Waals surface area contributed by atoms with Gasteiger partial charge in [0.05, 0.1) is 6.04 Å². The van der Waals surface area contributed by atoms with Gasteiger partial charge in [-0.3, -0.25) is 4.79 Å². The number of aromatic nitrogens is 2. The van der Waals surface area contributed by atoms with Gasteiger partial charge in [0.25, 0.3) is 5.91 Å². The number of aromatic amines is 1. The van der Waals surface area contributed by atoms with Gasteiger partial charge in [-0.25, -0.2) is 4.98 Å². The van der Waals surface area contributed by atoms with E-state index in [9.17, 15) is 4.79 Å². The van der Waals surface area contributed by atoms with Gasteiger partial charge >= 0.3 is 0 Å². The molecule has 0 aliphatic heterocycles. The first-order valence-electron chi connectivity index (χ1n) is 7.07. The highest BCUT2D eigenvalue weighted by Crippen LogP contribution is 2.20. The third kappa shape index (κ3) is 4.34. The number of hydrogen-bond acceptors (Lipinski definition) is 3. The highest BCUT2D eigenvalue weighted by atomic mass is 16.5. The maximum Gasteiger partial charge on any atom is 0.258 e. The van der Waals surface area contributed by atoms with Crippen LogP contribution in [0.1, 0.15) is 44.1 Å². The smallest absolute Gasteiger partial charge is 0.258 e. The molecule has 1 heterocycles. The van der Waals surface area contributed by atoms with Gasteiger partial charge in [0, 0.05) is 12.4 Å². The summed E-state index contributed by atoms with van der Waals surface area (Å²) in [5.41, 5.74) is 1.19. The minimum atomic E-state index is -0.172. The molecule has 1 amide bonds. The van der Waals surface area contributed by atoms with Crippen molar-refractivity contribution in [3.05, 3.63) is 48.0 Å². The molecule has 0 radical (unpaired) electrons. The largest absolute Gasteiger partial charge is 0.484 e. The summed E-state index contributed by atoms with van der Waals surface area (Å²) < 4.78 is 5.53. The zero-order valence-electron chi connectivity index (χ0n) is 12.6. The van der Waals surface area contributed by atoms with Gasteiger partial charge < -0.3 is 15.0 Å². The van der Waals surface area contributed by atoms with Gasteiger partial charge in [-0.05, 0) is 30.5 Å².